The normalized spacial score (nSPS) is 14.9. The summed E-state index contributed by atoms with van der Waals surface area (Å²) < 4.78 is 26.0. The van der Waals surface area contributed by atoms with Crippen LogP contribution in [0.25, 0.3) is 0 Å². The summed E-state index contributed by atoms with van der Waals surface area (Å²) in [6, 6.07) is 3.40. The van der Waals surface area contributed by atoms with Crippen molar-refractivity contribution in [1.29, 1.82) is 0 Å². The van der Waals surface area contributed by atoms with Crippen molar-refractivity contribution in [3.63, 3.8) is 0 Å². The lowest BCUT2D eigenvalue weighted by molar-refractivity contribution is -0.119. The van der Waals surface area contributed by atoms with Gasteiger partial charge >= 0.3 is 0 Å². The molecule has 1 heterocycles. The van der Waals surface area contributed by atoms with Gasteiger partial charge < -0.3 is 10.6 Å². The molecule has 1 aliphatic carbocycles. The molecule has 1 fully saturated rings. The maximum atomic E-state index is 12.3. The van der Waals surface area contributed by atoms with E-state index in [1.165, 1.54) is 16.6 Å². The molecular weight excluding hydrogens is 304 g/mol. The topological polar surface area (TPSA) is 91.4 Å². The highest BCUT2D eigenvalue weighted by Gasteiger charge is 2.23. The third kappa shape index (κ3) is 4.17. The molecule has 0 aromatic carbocycles. The third-order valence-corrected chi connectivity index (χ3v) is 5.49. The molecule has 122 valence electrons. The van der Waals surface area contributed by atoms with E-state index in [9.17, 15) is 13.2 Å². The van der Waals surface area contributed by atoms with Crippen LogP contribution < -0.4 is 10.6 Å². The Balaban J connectivity index is 1.95. The second-order valence-electron chi connectivity index (χ2n) is 5.16. The Morgan fingerprint density at radius 1 is 1.32 bits per heavy atom. The molecule has 0 aliphatic heterocycles. The van der Waals surface area contributed by atoms with Crippen molar-refractivity contribution in [3.8, 4) is 0 Å². The summed E-state index contributed by atoms with van der Waals surface area (Å²) in [7, 11) is -3.49. The van der Waals surface area contributed by atoms with Gasteiger partial charge in [0.05, 0.1) is 6.54 Å². The van der Waals surface area contributed by atoms with E-state index in [-0.39, 0.29) is 17.3 Å². The number of hydrogen-bond donors (Lipinski definition) is 2. The van der Waals surface area contributed by atoms with Crippen molar-refractivity contribution >= 4 is 21.7 Å². The van der Waals surface area contributed by atoms with Crippen LogP contribution in [0.2, 0.25) is 0 Å². The average Bonchev–Trinajstić information content (AvgIpc) is 3.30. The van der Waals surface area contributed by atoms with Crippen LogP contribution in [0.15, 0.2) is 23.2 Å². The first-order valence-electron chi connectivity index (χ1n) is 7.46. The van der Waals surface area contributed by atoms with Crippen molar-refractivity contribution in [2.24, 2.45) is 0 Å². The predicted octanol–water partition coefficient (Wildman–Crippen LogP) is 0.803. The first-order chi connectivity index (χ1) is 10.5. The molecule has 22 heavy (non-hydrogen) atoms. The van der Waals surface area contributed by atoms with Gasteiger partial charge in [0.2, 0.25) is 15.9 Å². The minimum Gasteiger partial charge on any atom is -0.361 e. The molecule has 2 rings (SSSR count). The summed E-state index contributed by atoms with van der Waals surface area (Å²) in [4.78, 5) is 15.8. The Labute approximate surface area is 131 Å². The number of aromatic nitrogens is 1. The number of hydrogen-bond acceptors (Lipinski definition) is 5. The SMILES string of the molecule is CCN(CC)S(=O)(=O)c1ccc(NCC(=O)NC2CC2)nc1. The molecule has 0 spiro atoms. The zero-order valence-corrected chi connectivity index (χ0v) is 13.7. The van der Waals surface area contributed by atoms with Crippen LogP contribution in [0, 0.1) is 0 Å². The molecule has 1 aromatic rings. The number of amides is 1. The van der Waals surface area contributed by atoms with Crippen LogP contribution in [-0.4, -0.2) is 49.3 Å². The van der Waals surface area contributed by atoms with Crippen LogP contribution in [0.5, 0.6) is 0 Å². The number of rotatable bonds is 8. The van der Waals surface area contributed by atoms with E-state index in [4.69, 9.17) is 0 Å². The van der Waals surface area contributed by atoms with Gasteiger partial charge in [-0.1, -0.05) is 13.8 Å². The van der Waals surface area contributed by atoms with Crippen LogP contribution in [0.3, 0.4) is 0 Å². The van der Waals surface area contributed by atoms with E-state index < -0.39 is 10.0 Å². The molecule has 0 radical (unpaired) electrons. The highest BCUT2D eigenvalue weighted by atomic mass is 32.2. The van der Waals surface area contributed by atoms with Gasteiger partial charge in [-0.05, 0) is 25.0 Å². The van der Waals surface area contributed by atoms with Crippen LogP contribution in [-0.2, 0) is 14.8 Å². The lowest BCUT2D eigenvalue weighted by atomic mass is 10.4. The van der Waals surface area contributed by atoms with Gasteiger partial charge in [0, 0.05) is 25.3 Å². The number of carbonyl (C=O) groups is 1. The smallest absolute Gasteiger partial charge is 0.244 e. The number of anilines is 1. The summed E-state index contributed by atoms with van der Waals surface area (Å²) in [5.41, 5.74) is 0. The Morgan fingerprint density at radius 3 is 2.50 bits per heavy atom. The second-order valence-corrected chi connectivity index (χ2v) is 7.10. The third-order valence-electron chi connectivity index (χ3n) is 3.45. The highest BCUT2D eigenvalue weighted by Crippen LogP contribution is 2.18. The quantitative estimate of drug-likeness (QED) is 0.737. The molecule has 2 N–H and O–H groups in total. The Hall–Kier alpha value is -1.67. The van der Waals surface area contributed by atoms with E-state index in [2.05, 4.69) is 15.6 Å². The molecule has 0 bridgehead atoms. The summed E-state index contributed by atoms with van der Waals surface area (Å²) >= 11 is 0. The zero-order valence-electron chi connectivity index (χ0n) is 12.9. The molecule has 1 amide bonds. The molecular formula is C14H22N4O3S. The molecule has 1 aromatic heterocycles. The second kappa shape index (κ2) is 7.06. The van der Waals surface area contributed by atoms with Gasteiger partial charge in [0.15, 0.2) is 0 Å². The fourth-order valence-electron chi connectivity index (χ4n) is 2.03. The van der Waals surface area contributed by atoms with Gasteiger partial charge in [-0.15, -0.1) is 0 Å². The first kappa shape index (κ1) is 16.7. The van der Waals surface area contributed by atoms with Gasteiger partial charge in [-0.3, -0.25) is 4.79 Å². The van der Waals surface area contributed by atoms with Crippen molar-refractivity contribution in [2.45, 2.75) is 37.6 Å². The highest BCUT2D eigenvalue weighted by molar-refractivity contribution is 7.89. The fourth-order valence-corrected chi connectivity index (χ4v) is 3.43. The van der Waals surface area contributed by atoms with Gasteiger partial charge in [0.25, 0.3) is 0 Å². The number of carbonyl (C=O) groups excluding carboxylic acids is 1. The standard InChI is InChI=1S/C14H22N4O3S/c1-3-18(4-2)22(20,21)12-7-8-13(15-9-12)16-10-14(19)17-11-5-6-11/h7-9,11H,3-6,10H2,1-2H3,(H,15,16)(H,17,19). The Bertz CT molecular complexity index is 607. The summed E-state index contributed by atoms with van der Waals surface area (Å²) in [6.45, 7) is 4.55. The van der Waals surface area contributed by atoms with E-state index >= 15 is 0 Å². The van der Waals surface area contributed by atoms with E-state index in [0.29, 0.717) is 24.9 Å². The first-order valence-corrected chi connectivity index (χ1v) is 8.90. The summed E-state index contributed by atoms with van der Waals surface area (Å²) in [5, 5.41) is 5.74. The van der Waals surface area contributed by atoms with Crippen molar-refractivity contribution in [1.82, 2.24) is 14.6 Å². The van der Waals surface area contributed by atoms with Gasteiger partial charge in [-0.25, -0.2) is 13.4 Å². The fraction of sp³-hybridized carbons (Fsp3) is 0.571. The van der Waals surface area contributed by atoms with Crippen LogP contribution in [0.4, 0.5) is 5.82 Å². The van der Waals surface area contributed by atoms with Gasteiger partial charge in [-0.2, -0.15) is 4.31 Å². The number of pyridine rings is 1. The molecule has 0 unspecified atom stereocenters. The van der Waals surface area contributed by atoms with E-state index in [1.807, 2.05) is 0 Å². The van der Waals surface area contributed by atoms with Crippen molar-refractivity contribution in [2.75, 3.05) is 25.0 Å². The summed E-state index contributed by atoms with van der Waals surface area (Å²) in [6.07, 6.45) is 3.40. The van der Waals surface area contributed by atoms with Crippen molar-refractivity contribution in [3.05, 3.63) is 18.3 Å². The number of nitrogens with one attached hydrogen (secondary N) is 2. The molecule has 8 heteroatoms. The predicted molar refractivity (Wildman–Crippen MR) is 84.0 cm³/mol. The zero-order chi connectivity index (χ0) is 16.2. The minimum absolute atomic E-state index is 0.0795. The Morgan fingerprint density at radius 2 is 2.00 bits per heavy atom. The lowest BCUT2D eigenvalue weighted by Crippen LogP contribution is -2.32. The number of nitrogens with zero attached hydrogens (tertiary/aromatic N) is 2. The van der Waals surface area contributed by atoms with E-state index in [1.54, 1.807) is 19.9 Å². The molecule has 1 saturated carbocycles. The summed E-state index contributed by atoms with van der Waals surface area (Å²) in [5.74, 6) is 0.397. The molecule has 1 aliphatic rings. The maximum Gasteiger partial charge on any atom is 0.244 e. The molecule has 0 atom stereocenters. The molecule has 7 nitrogen and oxygen atoms in total. The lowest BCUT2D eigenvalue weighted by Gasteiger charge is -2.18. The maximum absolute atomic E-state index is 12.3. The van der Waals surface area contributed by atoms with Gasteiger partial charge in [0.1, 0.15) is 10.7 Å². The number of sulfonamides is 1. The minimum atomic E-state index is -3.49. The van der Waals surface area contributed by atoms with Crippen LogP contribution in [0.1, 0.15) is 26.7 Å². The monoisotopic (exact) mass is 326 g/mol. The molecule has 0 saturated heterocycles. The van der Waals surface area contributed by atoms with Crippen LogP contribution >= 0.6 is 0 Å². The van der Waals surface area contributed by atoms with Crippen molar-refractivity contribution < 1.29 is 13.2 Å². The Kier molecular flexibility index (Phi) is 5.36. The average molecular weight is 326 g/mol. The van der Waals surface area contributed by atoms with E-state index in [0.717, 1.165) is 12.8 Å². The largest absolute Gasteiger partial charge is 0.361 e.